The highest BCUT2D eigenvalue weighted by molar-refractivity contribution is 6.30. The van der Waals surface area contributed by atoms with Gasteiger partial charge in [0.15, 0.2) is 5.82 Å². The Morgan fingerprint density at radius 1 is 0.914 bits per heavy atom. The van der Waals surface area contributed by atoms with E-state index in [1.807, 2.05) is 71.6 Å². The largest absolute Gasteiger partial charge is 0.381 e. The fourth-order valence-corrected chi connectivity index (χ4v) is 4.40. The van der Waals surface area contributed by atoms with Gasteiger partial charge in [-0.05, 0) is 60.2 Å². The minimum absolute atomic E-state index is 0.334. The van der Waals surface area contributed by atoms with Crippen LogP contribution in [0.25, 0.3) is 39.0 Å². The minimum atomic E-state index is -0.362. The molecule has 0 fully saturated rings. The average molecular weight is 480 g/mol. The van der Waals surface area contributed by atoms with E-state index in [4.69, 9.17) is 21.6 Å². The molecule has 0 amide bonds. The lowest BCUT2D eigenvalue weighted by Gasteiger charge is -2.13. The van der Waals surface area contributed by atoms with Crippen molar-refractivity contribution in [2.45, 2.75) is 6.54 Å². The van der Waals surface area contributed by atoms with Crippen LogP contribution in [0.3, 0.4) is 0 Å². The molecule has 35 heavy (non-hydrogen) atoms. The molecule has 0 saturated heterocycles. The Balaban J connectivity index is 1.50. The van der Waals surface area contributed by atoms with Crippen LogP contribution < -0.4 is 5.32 Å². The molecule has 0 unspecified atom stereocenters. The van der Waals surface area contributed by atoms with Crippen molar-refractivity contribution >= 4 is 39.1 Å². The minimum Gasteiger partial charge on any atom is -0.381 e. The standard InChI is InChI=1S/C28H19ClFN5/c29-20-5-3-4-18(14-20)16-32-21-8-9-25-23(15-21)28(35-13-11-19-17-31-12-10-26(19)35)34-27(33-25)22-6-1-2-7-24(22)30/h1-15,17,32H,16H2. The number of nitrogens with one attached hydrogen (secondary N) is 1. The van der Waals surface area contributed by atoms with Crippen LogP contribution in [0, 0.1) is 5.82 Å². The van der Waals surface area contributed by atoms with E-state index < -0.39 is 0 Å². The number of anilines is 1. The van der Waals surface area contributed by atoms with Gasteiger partial charge in [-0.15, -0.1) is 0 Å². The molecule has 6 rings (SSSR count). The summed E-state index contributed by atoms with van der Waals surface area (Å²) in [6, 6.07) is 24.1. The topological polar surface area (TPSA) is 55.6 Å². The second-order valence-corrected chi connectivity index (χ2v) is 8.62. The number of halogens is 2. The zero-order valence-corrected chi connectivity index (χ0v) is 19.2. The summed E-state index contributed by atoms with van der Waals surface area (Å²) >= 11 is 6.13. The van der Waals surface area contributed by atoms with Gasteiger partial charge in [0.1, 0.15) is 11.6 Å². The van der Waals surface area contributed by atoms with Crippen LogP contribution in [-0.2, 0) is 6.54 Å². The summed E-state index contributed by atoms with van der Waals surface area (Å²) in [7, 11) is 0. The van der Waals surface area contributed by atoms with Gasteiger partial charge in [0.05, 0.1) is 16.6 Å². The van der Waals surface area contributed by atoms with Crippen molar-refractivity contribution in [2.24, 2.45) is 0 Å². The Morgan fingerprint density at radius 3 is 2.71 bits per heavy atom. The molecule has 3 heterocycles. The number of rotatable bonds is 5. The van der Waals surface area contributed by atoms with Crippen molar-refractivity contribution in [3.8, 4) is 17.2 Å². The van der Waals surface area contributed by atoms with E-state index in [9.17, 15) is 4.39 Å². The highest BCUT2D eigenvalue weighted by atomic mass is 35.5. The van der Waals surface area contributed by atoms with Gasteiger partial charge in [-0.2, -0.15) is 0 Å². The molecule has 7 heteroatoms. The van der Waals surface area contributed by atoms with E-state index in [1.165, 1.54) is 6.07 Å². The molecule has 0 aliphatic carbocycles. The molecule has 170 valence electrons. The van der Waals surface area contributed by atoms with Crippen molar-refractivity contribution < 1.29 is 4.39 Å². The number of hydrogen-bond acceptors (Lipinski definition) is 4. The second-order valence-electron chi connectivity index (χ2n) is 8.19. The first-order valence-corrected chi connectivity index (χ1v) is 11.5. The first-order chi connectivity index (χ1) is 17.2. The Kier molecular flexibility index (Phi) is 5.35. The van der Waals surface area contributed by atoms with Gasteiger partial charge in [-0.25, -0.2) is 14.4 Å². The predicted molar refractivity (Wildman–Crippen MR) is 138 cm³/mol. The molecule has 5 nitrogen and oxygen atoms in total. The van der Waals surface area contributed by atoms with Crippen LogP contribution in [0.5, 0.6) is 0 Å². The molecule has 0 radical (unpaired) electrons. The molecule has 0 saturated carbocycles. The second kappa shape index (κ2) is 8.81. The van der Waals surface area contributed by atoms with Crippen LogP contribution >= 0.6 is 11.6 Å². The first-order valence-electron chi connectivity index (χ1n) is 11.1. The quantitative estimate of drug-likeness (QED) is 0.288. The third-order valence-corrected chi connectivity index (χ3v) is 6.13. The summed E-state index contributed by atoms with van der Waals surface area (Å²) in [6.45, 7) is 0.619. The lowest BCUT2D eigenvalue weighted by Crippen LogP contribution is -2.04. The van der Waals surface area contributed by atoms with Crippen molar-refractivity contribution in [2.75, 3.05) is 5.32 Å². The maximum absolute atomic E-state index is 14.6. The van der Waals surface area contributed by atoms with Crippen LogP contribution in [-0.4, -0.2) is 19.5 Å². The highest BCUT2D eigenvalue weighted by Crippen LogP contribution is 2.30. The molecule has 3 aromatic heterocycles. The summed E-state index contributed by atoms with van der Waals surface area (Å²) in [5, 5.41) is 5.98. The van der Waals surface area contributed by atoms with Gasteiger partial charge < -0.3 is 9.88 Å². The number of hydrogen-bond donors (Lipinski definition) is 1. The molecule has 1 N–H and O–H groups in total. The highest BCUT2D eigenvalue weighted by Gasteiger charge is 2.16. The summed E-state index contributed by atoms with van der Waals surface area (Å²) in [5.74, 6) is 0.640. The van der Waals surface area contributed by atoms with E-state index in [0.29, 0.717) is 28.8 Å². The Morgan fingerprint density at radius 2 is 1.83 bits per heavy atom. The van der Waals surface area contributed by atoms with Gasteiger partial charge in [0.2, 0.25) is 0 Å². The summed E-state index contributed by atoms with van der Waals surface area (Å²) in [4.78, 5) is 13.8. The molecule has 6 aromatic rings. The molecule has 0 spiro atoms. The molecule has 0 aliphatic rings. The van der Waals surface area contributed by atoms with Crippen LogP contribution in [0.15, 0.2) is 97.5 Å². The first kappa shape index (κ1) is 21.3. The zero-order chi connectivity index (χ0) is 23.8. The molecular formula is C28H19ClFN5. The van der Waals surface area contributed by atoms with E-state index >= 15 is 0 Å². The normalized spacial score (nSPS) is 11.3. The third-order valence-electron chi connectivity index (χ3n) is 5.89. The fourth-order valence-electron chi connectivity index (χ4n) is 4.19. The third kappa shape index (κ3) is 4.09. The Bertz CT molecular complexity index is 1690. The van der Waals surface area contributed by atoms with E-state index in [-0.39, 0.29) is 5.82 Å². The van der Waals surface area contributed by atoms with Crippen molar-refractivity contribution in [3.63, 3.8) is 0 Å². The molecule has 3 aromatic carbocycles. The number of fused-ring (bicyclic) bond motifs is 2. The molecular weight excluding hydrogens is 461 g/mol. The summed E-state index contributed by atoms with van der Waals surface area (Å²) < 4.78 is 16.6. The smallest absolute Gasteiger partial charge is 0.165 e. The van der Waals surface area contributed by atoms with Crippen LogP contribution in [0.1, 0.15) is 5.56 Å². The van der Waals surface area contributed by atoms with E-state index in [2.05, 4.69) is 10.3 Å². The van der Waals surface area contributed by atoms with E-state index in [0.717, 1.165) is 33.1 Å². The maximum Gasteiger partial charge on any atom is 0.165 e. The number of pyridine rings is 1. The molecule has 0 aliphatic heterocycles. The maximum atomic E-state index is 14.6. The zero-order valence-electron chi connectivity index (χ0n) is 18.5. The Hall–Kier alpha value is -4.29. The fraction of sp³-hybridized carbons (Fsp3) is 0.0357. The monoisotopic (exact) mass is 479 g/mol. The van der Waals surface area contributed by atoms with Crippen molar-refractivity contribution in [1.29, 1.82) is 0 Å². The number of aromatic nitrogens is 4. The number of benzene rings is 3. The van der Waals surface area contributed by atoms with Crippen molar-refractivity contribution in [3.05, 3.63) is 114 Å². The van der Waals surface area contributed by atoms with Gasteiger partial charge >= 0.3 is 0 Å². The van der Waals surface area contributed by atoms with Crippen LogP contribution in [0.2, 0.25) is 5.02 Å². The Labute approximate surface area is 205 Å². The predicted octanol–water partition coefficient (Wildman–Crippen LogP) is 7.04. The van der Waals surface area contributed by atoms with Gasteiger partial charge in [-0.3, -0.25) is 4.98 Å². The molecule has 0 atom stereocenters. The molecule has 0 bridgehead atoms. The average Bonchev–Trinajstić information content (AvgIpc) is 3.31. The SMILES string of the molecule is Fc1ccccc1-c1nc(-n2ccc3cnccc32)c2cc(NCc3cccc(Cl)c3)ccc2n1. The van der Waals surface area contributed by atoms with Gasteiger partial charge in [0.25, 0.3) is 0 Å². The lowest BCUT2D eigenvalue weighted by atomic mass is 10.1. The lowest BCUT2D eigenvalue weighted by molar-refractivity contribution is 0.630. The van der Waals surface area contributed by atoms with Gasteiger partial charge in [-0.1, -0.05) is 35.9 Å². The van der Waals surface area contributed by atoms with Crippen LogP contribution in [0.4, 0.5) is 10.1 Å². The summed E-state index contributed by atoms with van der Waals surface area (Å²) in [5.41, 5.74) is 4.03. The summed E-state index contributed by atoms with van der Waals surface area (Å²) in [6.07, 6.45) is 5.51. The van der Waals surface area contributed by atoms with E-state index in [1.54, 1.807) is 24.4 Å². The van der Waals surface area contributed by atoms with Gasteiger partial charge in [0, 0.05) is 46.6 Å². The van der Waals surface area contributed by atoms with Crippen molar-refractivity contribution in [1.82, 2.24) is 19.5 Å². The number of nitrogens with zero attached hydrogens (tertiary/aromatic N) is 4.